The van der Waals surface area contributed by atoms with Gasteiger partial charge in [-0.3, -0.25) is 14.5 Å². The van der Waals surface area contributed by atoms with Gasteiger partial charge in [0.15, 0.2) is 0 Å². The van der Waals surface area contributed by atoms with Gasteiger partial charge in [0.25, 0.3) is 0 Å². The molecule has 1 amide bonds. The van der Waals surface area contributed by atoms with Gasteiger partial charge in [0.2, 0.25) is 5.91 Å². The third-order valence-corrected chi connectivity index (χ3v) is 3.97. The predicted octanol–water partition coefficient (Wildman–Crippen LogP) is 2.12. The van der Waals surface area contributed by atoms with Crippen molar-refractivity contribution in [1.82, 2.24) is 4.90 Å². The molecule has 21 heavy (non-hydrogen) atoms. The maximum atomic E-state index is 12.1. The summed E-state index contributed by atoms with van der Waals surface area (Å²) >= 11 is 0. The fraction of sp³-hybridized carbons (Fsp3) is 0.500. The Morgan fingerprint density at radius 3 is 2.62 bits per heavy atom. The van der Waals surface area contributed by atoms with Crippen LogP contribution >= 0.6 is 0 Å². The van der Waals surface area contributed by atoms with E-state index in [1.807, 2.05) is 38.1 Å². The van der Waals surface area contributed by atoms with Crippen LogP contribution in [0.5, 0.6) is 0 Å². The van der Waals surface area contributed by atoms with Gasteiger partial charge in [-0.15, -0.1) is 0 Å². The first-order valence-electron chi connectivity index (χ1n) is 7.31. The number of carboxylic acid groups (broad SMARTS) is 1. The lowest BCUT2D eigenvalue weighted by Gasteiger charge is -2.36. The van der Waals surface area contributed by atoms with E-state index in [1.54, 1.807) is 4.90 Å². The van der Waals surface area contributed by atoms with Crippen molar-refractivity contribution in [3.8, 4) is 0 Å². The minimum absolute atomic E-state index is 0.0726. The average molecular weight is 290 g/mol. The van der Waals surface area contributed by atoms with Gasteiger partial charge in [-0.2, -0.15) is 0 Å². The molecule has 0 aromatic heterocycles. The molecule has 1 aromatic carbocycles. The summed E-state index contributed by atoms with van der Waals surface area (Å²) in [5, 5.41) is 12.2. The number of likely N-dealkylation sites (tertiary alicyclic amines) is 1. The SMILES string of the molecule is Cc1ccc(NC(=O)CN2CCCC(C)C2C(=O)O)cc1. The van der Waals surface area contributed by atoms with E-state index >= 15 is 0 Å². The second-order valence-corrected chi connectivity index (χ2v) is 5.79. The molecule has 5 nitrogen and oxygen atoms in total. The molecule has 2 rings (SSSR count). The van der Waals surface area contributed by atoms with E-state index in [0.29, 0.717) is 6.54 Å². The summed E-state index contributed by atoms with van der Waals surface area (Å²) in [5.74, 6) is -0.937. The van der Waals surface area contributed by atoms with Crippen LogP contribution < -0.4 is 5.32 Å². The van der Waals surface area contributed by atoms with Crippen molar-refractivity contribution >= 4 is 17.6 Å². The number of carbonyl (C=O) groups excluding carboxylic acids is 1. The number of nitrogens with zero attached hydrogens (tertiary/aromatic N) is 1. The quantitative estimate of drug-likeness (QED) is 0.891. The van der Waals surface area contributed by atoms with Crippen LogP contribution in [-0.2, 0) is 9.59 Å². The highest BCUT2D eigenvalue weighted by Gasteiger charge is 2.34. The Labute approximate surface area is 125 Å². The van der Waals surface area contributed by atoms with Crippen LogP contribution in [0.25, 0.3) is 0 Å². The predicted molar refractivity (Wildman–Crippen MR) is 81.2 cm³/mol. The van der Waals surface area contributed by atoms with Crippen molar-refractivity contribution in [2.24, 2.45) is 5.92 Å². The van der Waals surface area contributed by atoms with Gasteiger partial charge in [0.1, 0.15) is 6.04 Å². The van der Waals surface area contributed by atoms with Gasteiger partial charge in [0, 0.05) is 5.69 Å². The second-order valence-electron chi connectivity index (χ2n) is 5.79. The van der Waals surface area contributed by atoms with Gasteiger partial charge in [-0.1, -0.05) is 24.6 Å². The topological polar surface area (TPSA) is 69.6 Å². The smallest absolute Gasteiger partial charge is 0.321 e. The molecule has 1 heterocycles. The van der Waals surface area contributed by atoms with E-state index < -0.39 is 12.0 Å². The van der Waals surface area contributed by atoms with Gasteiger partial charge < -0.3 is 10.4 Å². The number of rotatable bonds is 4. The first kappa shape index (κ1) is 15.5. The van der Waals surface area contributed by atoms with Crippen molar-refractivity contribution in [3.05, 3.63) is 29.8 Å². The molecule has 5 heteroatoms. The van der Waals surface area contributed by atoms with Crippen LogP contribution in [0, 0.1) is 12.8 Å². The van der Waals surface area contributed by atoms with Crippen molar-refractivity contribution < 1.29 is 14.7 Å². The van der Waals surface area contributed by atoms with Gasteiger partial charge in [0.05, 0.1) is 6.54 Å². The summed E-state index contributed by atoms with van der Waals surface area (Å²) in [4.78, 5) is 25.2. The van der Waals surface area contributed by atoms with E-state index in [4.69, 9.17) is 0 Å². The van der Waals surface area contributed by atoms with E-state index in [-0.39, 0.29) is 18.4 Å². The fourth-order valence-corrected chi connectivity index (χ4v) is 2.87. The number of hydrogen-bond acceptors (Lipinski definition) is 3. The molecule has 1 aromatic rings. The summed E-state index contributed by atoms with van der Waals surface area (Å²) in [6, 6.07) is 6.99. The molecule has 2 unspecified atom stereocenters. The fourth-order valence-electron chi connectivity index (χ4n) is 2.87. The van der Waals surface area contributed by atoms with Crippen molar-refractivity contribution in [2.45, 2.75) is 32.7 Å². The van der Waals surface area contributed by atoms with Crippen LogP contribution in [0.4, 0.5) is 5.69 Å². The van der Waals surface area contributed by atoms with Crippen LogP contribution in [0.3, 0.4) is 0 Å². The third-order valence-electron chi connectivity index (χ3n) is 3.97. The van der Waals surface area contributed by atoms with E-state index in [9.17, 15) is 14.7 Å². The number of aliphatic carboxylic acids is 1. The first-order chi connectivity index (χ1) is 9.97. The third kappa shape index (κ3) is 4.04. The molecule has 0 radical (unpaired) electrons. The van der Waals surface area contributed by atoms with E-state index in [0.717, 1.165) is 24.1 Å². The molecule has 2 N–H and O–H groups in total. The number of hydrogen-bond donors (Lipinski definition) is 2. The normalized spacial score (nSPS) is 22.8. The number of carbonyl (C=O) groups is 2. The standard InChI is InChI=1S/C16H22N2O3/c1-11-5-7-13(8-6-11)17-14(19)10-18-9-3-4-12(2)15(18)16(20)21/h5-8,12,15H,3-4,9-10H2,1-2H3,(H,17,19)(H,20,21). The van der Waals surface area contributed by atoms with Crippen LogP contribution in [0.2, 0.25) is 0 Å². The molecule has 1 saturated heterocycles. The molecular weight excluding hydrogens is 268 g/mol. The lowest BCUT2D eigenvalue weighted by atomic mass is 9.91. The largest absolute Gasteiger partial charge is 0.480 e. The van der Waals surface area contributed by atoms with E-state index in [1.165, 1.54) is 0 Å². The molecule has 2 atom stereocenters. The zero-order chi connectivity index (χ0) is 15.4. The lowest BCUT2D eigenvalue weighted by Crippen LogP contribution is -2.51. The van der Waals surface area contributed by atoms with E-state index in [2.05, 4.69) is 5.32 Å². The maximum Gasteiger partial charge on any atom is 0.321 e. The number of amides is 1. The summed E-state index contributed by atoms with van der Waals surface area (Å²) in [6.07, 6.45) is 1.83. The molecule has 1 aliphatic rings. The van der Waals surface area contributed by atoms with Crippen molar-refractivity contribution in [2.75, 3.05) is 18.4 Å². The van der Waals surface area contributed by atoms with Gasteiger partial charge >= 0.3 is 5.97 Å². The molecule has 0 saturated carbocycles. The second kappa shape index (κ2) is 6.72. The zero-order valence-corrected chi connectivity index (χ0v) is 12.5. The van der Waals surface area contributed by atoms with Crippen molar-refractivity contribution in [1.29, 1.82) is 0 Å². The first-order valence-corrected chi connectivity index (χ1v) is 7.31. The number of carboxylic acids is 1. The number of piperidine rings is 1. The Morgan fingerprint density at radius 1 is 1.33 bits per heavy atom. The molecule has 1 fully saturated rings. The Hall–Kier alpha value is -1.88. The van der Waals surface area contributed by atoms with Gasteiger partial charge in [-0.25, -0.2) is 0 Å². The average Bonchev–Trinajstić information content (AvgIpc) is 2.41. The number of nitrogens with one attached hydrogen (secondary N) is 1. The Balaban J connectivity index is 1.97. The Morgan fingerprint density at radius 2 is 2.00 bits per heavy atom. The molecule has 0 bridgehead atoms. The molecule has 0 aliphatic carbocycles. The maximum absolute atomic E-state index is 12.1. The molecule has 0 spiro atoms. The monoisotopic (exact) mass is 290 g/mol. The lowest BCUT2D eigenvalue weighted by molar-refractivity contribution is -0.147. The highest BCUT2D eigenvalue weighted by molar-refractivity contribution is 5.92. The highest BCUT2D eigenvalue weighted by atomic mass is 16.4. The summed E-state index contributed by atoms with van der Waals surface area (Å²) in [5.41, 5.74) is 1.87. The highest BCUT2D eigenvalue weighted by Crippen LogP contribution is 2.23. The molecular formula is C16H22N2O3. The molecule has 1 aliphatic heterocycles. The number of aryl methyl sites for hydroxylation is 1. The zero-order valence-electron chi connectivity index (χ0n) is 12.5. The summed E-state index contributed by atoms with van der Waals surface area (Å²) in [6.45, 7) is 4.69. The van der Waals surface area contributed by atoms with Crippen LogP contribution in [-0.4, -0.2) is 41.0 Å². The summed E-state index contributed by atoms with van der Waals surface area (Å²) in [7, 11) is 0. The Bertz CT molecular complexity index is 513. The van der Waals surface area contributed by atoms with Crippen LogP contribution in [0.15, 0.2) is 24.3 Å². The summed E-state index contributed by atoms with van der Waals surface area (Å²) < 4.78 is 0. The number of anilines is 1. The van der Waals surface area contributed by atoms with Crippen LogP contribution in [0.1, 0.15) is 25.3 Å². The minimum Gasteiger partial charge on any atom is -0.480 e. The van der Waals surface area contributed by atoms with Gasteiger partial charge in [-0.05, 0) is 44.4 Å². The number of benzene rings is 1. The van der Waals surface area contributed by atoms with Crippen molar-refractivity contribution in [3.63, 3.8) is 0 Å². The Kier molecular flexibility index (Phi) is 4.96. The minimum atomic E-state index is -0.842. The molecule has 114 valence electrons.